The Kier molecular flexibility index (Phi) is 4.71. The summed E-state index contributed by atoms with van der Waals surface area (Å²) < 4.78 is 0. The SMILES string of the molecule is N#Cc1ccc(C#C[C@H]2CC[C@H]3CN(c4nccnc4C#N)CCN32)cc1. The van der Waals surface area contributed by atoms with Crippen LogP contribution in [0.25, 0.3) is 0 Å². The van der Waals surface area contributed by atoms with E-state index in [0.717, 1.165) is 38.0 Å². The van der Waals surface area contributed by atoms with E-state index in [2.05, 4.69) is 43.7 Å². The van der Waals surface area contributed by atoms with Crippen molar-refractivity contribution in [3.63, 3.8) is 0 Å². The molecule has 2 saturated heterocycles. The van der Waals surface area contributed by atoms with Crippen LogP contribution in [-0.4, -0.2) is 46.6 Å². The molecule has 0 N–H and O–H groups in total. The van der Waals surface area contributed by atoms with Gasteiger partial charge in [0.15, 0.2) is 11.5 Å². The molecule has 3 heterocycles. The molecule has 0 bridgehead atoms. The van der Waals surface area contributed by atoms with Gasteiger partial charge in [0.1, 0.15) is 6.07 Å². The van der Waals surface area contributed by atoms with Crippen LogP contribution < -0.4 is 4.90 Å². The van der Waals surface area contributed by atoms with Gasteiger partial charge in [-0.1, -0.05) is 11.8 Å². The highest BCUT2D eigenvalue weighted by atomic mass is 15.3. The minimum absolute atomic E-state index is 0.255. The van der Waals surface area contributed by atoms with Gasteiger partial charge >= 0.3 is 0 Å². The fourth-order valence-corrected chi connectivity index (χ4v) is 3.84. The summed E-state index contributed by atoms with van der Waals surface area (Å²) in [6.45, 7) is 2.57. The third-order valence-electron chi connectivity index (χ3n) is 5.18. The lowest BCUT2D eigenvalue weighted by atomic mass is 10.1. The van der Waals surface area contributed by atoms with Gasteiger partial charge in [-0.3, -0.25) is 4.90 Å². The van der Waals surface area contributed by atoms with Crippen molar-refractivity contribution < 1.29 is 0 Å². The van der Waals surface area contributed by atoms with Crippen LogP contribution in [0.15, 0.2) is 36.7 Å². The second-order valence-corrected chi connectivity index (χ2v) is 6.73. The van der Waals surface area contributed by atoms with Gasteiger partial charge in [0.05, 0.1) is 17.7 Å². The number of nitriles is 2. The highest BCUT2D eigenvalue weighted by molar-refractivity contribution is 5.50. The highest BCUT2D eigenvalue weighted by Gasteiger charge is 2.37. The van der Waals surface area contributed by atoms with E-state index in [4.69, 9.17) is 5.26 Å². The zero-order chi connectivity index (χ0) is 18.6. The molecule has 132 valence electrons. The third-order valence-corrected chi connectivity index (χ3v) is 5.18. The summed E-state index contributed by atoms with van der Waals surface area (Å²) in [6.07, 6.45) is 5.34. The van der Waals surface area contributed by atoms with Crippen LogP contribution in [0.5, 0.6) is 0 Å². The largest absolute Gasteiger partial charge is 0.351 e. The Bertz CT molecular complexity index is 973. The van der Waals surface area contributed by atoms with Gasteiger partial charge < -0.3 is 4.90 Å². The van der Waals surface area contributed by atoms with Gasteiger partial charge in [-0.15, -0.1) is 0 Å². The van der Waals surface area contributed by atoms with Crippen molar-refractivity contribution in [3.8, 4) is 24.0 Å². The Balaban J connectivity index is 1.45. The Morgan fingerprint density at radius 3 is 2.48 bits per heavy atom. The number of piperazine rings is 1. The first-order valence-electron chi connectivity index (χ1n) is 9.02. The molecule has 2 aliphatic heterocycles. The number of anilines is 1. The molecule has 2 aromatic rings. The number of hydrogen-bond donors (Lipinski definition) is 0. The fraction of sp³-hybridized carbons (Fsp3) is 0.333. The van der Waals surface area contributed by atoms with Gasteiger partial charge in [-0.2, -0.15) is 10.5 Å². The molecular weight excluding hydrogens is 336 g/mol. The molecule has 27 heavy (non-hydrogen) atoms. The normalized spacial score (nSPS) is 21.5. The molecule has 1 aromatic heterocycles. The maximum absolute atomic E-state index is 9.26. The summed E-state index contributed by atoms with van der Waals surface area (Å²) in [6, 6.07) is 12.3. The molecule has 4 rings (SSSR count). The van der Waals surface area contributed by atoms with Crippen LogP contribution in [0.3, 0.4) is 0 Å². The van der Waals surface area contributed by atoms with Crippen molar-refractivity contribution in [2.24, 2.45) is 0 Å². The molecule has 0 spiro atoms. The molecule has 0 aliphatic carbocycles. The summed E-state index contributed by atoms with van der Waals surface area (Å²) in [5, 5.41) is 18.1. The molecule has 6 nitrogen and oxygen atoms in total. The zero-order valence-electron chi connectivity index (χ0n) is 14.8. The summed E-state index contributed by atoms with van der Waals surface area (Å²) in [5.74, 6) is 7.34. The summed E-state index contributed by atoms with van der Waals surface area (Å²) in [5.41, 5.74) is 1.98. The van der Waals surface area contributed by atoms with Crippen molar-refractivity contribution in [2.75, 3.05) is 24.5 Å². The Hall–Kier alpha value is -3.40. The van der Waals surface area contributed by atoms with E-state index in [-0.39, 0.29) is 6.04 Å². The smallest absolute Gasteiger partial charge is 0.183 e. The van der Waals surface area contributed by atoms with Crippen LogP contribution >= 0.6 is 0 Å². The Morgan fingerprint density at radius 1 is 0.926 bits per heavy atom. The number of aromatic nitrogens is 2. The van der Waals surface area contributed by atoms with Crippen molar-refractivity contribution in [2.45, 2.75) is 24.9 Å². The van der Waals surface area contributed by atoms with Gasteiger partial charge in [0.25, 0.3) is 0 Å². The molecule has 0 saturated carbocycles. The van der Waals surface area contributed by atoms with Crippen molar-refractivity contribution in [1.82, 2.24) is 14.9 Å². The summed E-state index contributed by atoms with van der Waals surface area (Å²) in [4.78, 5) is 13.1. The van der Waals surface area contributed by atoms with Crippen LogP contribution in [0.2, 0.25) is 0 Å². The number of rotatable bonds is 1. The monoisotopic (exact) mass is 354 g/mol. The van der Waals surface area contributed by atoms with Gasteiger partial charge in [-0.05, 0) is 37.1 Å². The van der Waals surface area contributed by atoms with E-state index >= 15 is 0 Å². The van der Waals surface area contributed by atoms with Crippen LogP contribution in [0.4, 0.5) is 5.82 Å². The van der Waals surface area contributed by atoms with E-state index in [1.807, 2.05) is 12.1 Å². The molecule has 2 fully saturated rings. The maximum atomic E-state index is 9.26. The first-order chi connectivity index (χ1) is 13.3. The van der Waals surface area contributed by atoms with Gasteiger partial charge in [0.2, 0.25) is 0 Å². The predicted molar refractivity (Wildman–Crippen MR) is 101 cm³/mol. The quantitative estimate of drug-likeness (QED) is 0.728. The minimum Gasteiger partial charge on any atom is -0.351 e. The summed E-state index contributed by atoms with van der Waals surface area (Å²) in [7, 11) is 0. The van der Waals surface area contributed by atoms with E-state index in [0.29, 0.717) is 23.1 Å². The number of fused-ring (bicyclic) bond motifs is 1. The highest BCUT2D eigenvalue weighted by Crippen LogP contribution is 2.29. The fourth-order valence-electron chi connectivity index (χ4n) is 3.84. The van der Waals surface area contributed by atoms with E-state index in [1.165, 1.54) is 0 Å². The topological polar surface area (TPSA) is 79.8 Å². The molecule has 0 amide bonds. The Morgan fingerprint density at radius 2 is 1.70 bits per heavy atom. The average Bonchev–Trinajstić information content (AvgIpc) is 3.14. The van der Waals surface area contributed by atoms with Crippen molar-refractivity contribution in [3.05, 3.63) is 53.5 Å². The lowest BCUT2D eigenvalue weighted by Gasteiger charge is -2.39. The second-order valence-electron chi connectivity index (χ2n) is 6.73. The lowest BCUT2D eigenvalue weighted by molar-refractivity contribution is 0.202. The molecule has 0 radical (unpaired) electrons. The van der Waals surface area contributed by atoms with Crippen molar-refractivity contribution in [1.29, 1.82) is 10.5 Å². The lowest BCUT2D eigenvalue weighted by Crippen LogP contribution is -2.52. The van der Waals surface area contributed by atoms with Gasteiger partial charge in [-0.25, -0.2) is 9.97 Å². The standard InChI is InChI=1S/C21H18N6/c22-13-17-3-1-16(2-4-17)5-6-18-7-8-19-15-26(11-12-27(18)19)21-20(14-23)24-9-10-25-21/h1-4,9-10,18-19H,7-8,11-12,15H2/t18-,19-/m0/s1. The molecule has 6 heteroatoms. The first kappa shape index (κ1) is 17.0. The van der Waals surface area contributed by atoms with E-state index in [9.17, 15) is 5.26 Å². The molecule has 0 unspecified atom stereocenters. The molecule has 2 atom stereocenters. The van der Waals surface area contributed by atoms with Crippen LogP contribution in [-0.2, 0) is 0 Å². The molecule has 2 aliphatic rings. The predicted octanol–water partition coefficient (Wildman–Crippen LogP) is 1.92. The van der Waals surface area contributed by atoms with Crippen molar-refractivity contribution >= 4 is 5.82 Å². The van der Waals surface area contributed by atoms with E-state index < -0.39 is 0 Å². The second kappa shape index (κ2) is 7.46. The average molecular weight is 354 g/mol. The first-order valence-corrected chi connectivity index (χ1v) is 9.02. The molecule has 1 aromatic carbocycles. The number of hydrogen-bond acceptors (Lipinski definition) is 6. The summed E-state index contributed by atoms with van der Waals surface area (Å²) >= 11 is 0. The third kappa shape index (κ3) is 3.47. The maximum Gasteiger partial charge on any atom is 0.183 e. The Labute approximate surface area is 158 Å². The van der Waals surface area contributed by atoms with Crippen LogP contribution in [0, 0.1) is 34.5 Å². The number of nitrogens with zero attached hydrogens (tertiary/aromatic N) is 6. The molecular formula is C21H18N6. The minimum atomic E-state index is 0.255. The zero-order valence-corrected chi connectivity index (χ0v) is 14.8. The van der Waals surface area contributed by atoms with Gasteiger partial charge in [0, 0.05) is 43.6 Å². The van der Waals surface area contributed by atoms with Crippen LogP contribution in [0.1, 0.15) is 29.7 Å². The number of benzene rings is 1. The van der Waals surface area contributed by atoms with E-state index in [1.54, 1.807) is 24.5 Å².